The van der Waals surface area contributed by atoms with Crippen molar-refractivity contribution in [2.75, 3.05) is 40.1 Å². The monoisotopic (exact) mass is 402 g/mol. The van der Waals surface area contributed by atoms with Crippen LogP contribution in [0.4, 0.5) is 0 Å². The second-order valence-corrected chi connectivity index (χ2v) is 8.03. The molecular formula is C24H50O4. The second-order valence-electron chi connectivity index (χ2n) is 8.03. The molecule has 0 bridgehead atoms. The van der Waals surface area contributed by atoms with Gasteiger partial charge in [0.2, 0.25) is 0 Å². The van der Waals surface area contributed by atoms with Gasteiger partial charge >= 0.3 is 0 Å². The Morgan fingerprint density at radius 3 is 1.36 bits per heavy atom. The van der Waals surface area contributed by atoms with E-state index in [-0.39, 0.29) is 12.7 Å². The van der Waals surface area contributed by atoms with Crippen LogP contribution in [0.2, 0.25) is 0 Å². The van der Waals surface area contributed by atoms with Crippen molar-refractivity contribution in [3.05, 3.63) is 0 Å². The third-order valence-electron chi connectivity index (χ3n) is 5.32. The van der Waals surface area contributed by atoms with E-state index < -0.39 is 0 Å². The van der Waals surface area contributed by atoms with E-state index in [2.05, 4.69) is 6.92 Å². The van der Waals surface area contributed by atoms with Crippen molar-refractivity contribution < 1.29 is 19.3 Å². The normalized spacial score (nSPS) is 12.5. The summed E-state index contributed by atoms with van der Waals surface area (Å²) in [6.45, 7) is 4.55. The average Bonchev–Trinajstić information content (AvgIpc) is 2.71. The van der Waals surface area contributed by atoms with Crippen molar-refractivity contribution in [1.29, 1.82) is 0 Å². The molecule has 4 heteroatoms. The van der Waals surface area contributed by atoms with E-state index in [1.54, 1.807) is 7.11 Å². The van der Waals surface area contributed by atoms with Gasteiger partial charge in [-0.3, -0.25) is 0 Å². The molecule has 0 saturated heterocycles. The maximum atomic E-state index is 8.69. The molecule has 28 heavy (non-hydrogen) atoms. The van der Waals surface area contributed by atoms with Crippen LogP contribution in [0.3, 0.4) is 0 Å². The summed E-state index contributed by atoms with van der Waals surface area (Å²) in [5.41, 5.74) is 0. The van der Waals surface area contributed by atoms with Crippen LogP contribution < -0.4 is 0 Å². The van der Waals surface area contributed by atoms with Crippen LogP contribution in [0.1, 0.15) is 110 Å². The molecule has 0 aromatic heterocycles. The van der Waals surface area contributed by atoms with Gasteiger partial charge < -0.3 is 19.3 Å². The van der Waals surface area contributed by atoms with Crippen LogP contribution in [0.5, 0.6) is 0 Å². The Morgan fingerprint density at radius 2 is 0.964 bits per heavy atom. The molecule has 1 N–H and O–H groups in total. The zero-order chi connectivity index (χ0) is 20.5. The van der Waals surface area contributed by atoms with Crippen LogP contribution in [0.15, 0.2) is 0 Å². The predicted octanol–water partition coefficient (Wildman–Crippen LogP) is 6.29. The maximum absolute atomic E-state index is 8.69. The zero-order valence-corrected chi connectivity index (χ0v) is 19.1. The van der Waals surface area contributed by atoms with Crippen molar-refractivity contribution in [2.24, 2.45) is 0 Å². The van der Waals surface area contributed by atoms with Gasteiger partial charge in [0.1, 0.15) is 6.10 Å². The quantitative estimate of drug-likeness (QED) is 0.193. The topological polar surface area (TPSA) is 47.9 Å². The van der Waals surface area contributed by atoms with E-state index >= 15 is 0 Å². The average molecular weight is 403 g/mol. The Kier molecular flexibility index (Phi) is 24.7. The molecule has 0 aliphatic carbocycles. The predicted molar refractivity (Wildman–Crippen MR) is 119 cm³/mol. The number of aliphatic hydroxyl groups is 1. The first-order chi connectivity index (χ1) is 13.8. The van der Waals surface area contributed by atoms with Gasteiger partial charge in [-0.25, -0.2) is 0 Å². The van der Waals surface area contributed by atoms with Crippen molar-refractivity contribution >= 4 is 0 Å². The smallest absolute Gasteiger partial charge is 0.104 e. The van der Waals surface area contributed by atoms with E-state index in [1.807, 2.05) is 0 Å². The van der Waals surface area contributed by atoms with Crippen LogP contribution in [0, 0.1) is 0 Å². The van der Waals surface area contributed by atoms with Crippen molar-refractivity contribution in [1.82, 2.24) is 0 Å². The lowest BCUT2D eigenvalue weighted by Crippen LogP contribution is -2.25. The zero-order valence-electron chi connectivity index (χ0n) is 19.1. The highest BCUT2D eigenvalue weighted by molar-refractivity contribution is 4.54. The molecule has 1 atom stereocenters. The summed E-state index contributed by atoms with van der Waals surface area (Å²) in [4.78, 5) is 0. The molecule has 170 valence electrons. The summed E-state index contributed by atoms with van der Waals surface area (Å²) in [5, 5.41) is 8.69. The third-order valence-corrected chi connectivity index (χ3v) is 5.32. The highest BCUT2D eigenvalue weighted by Crippen LogP contribution is 2.13. The molecule has 4 nitrogen and oxygen atoms in total. The minimum absolute atomic E-state index is 0.0346. The lowest BCUT2D eigenvalue weighted by Gasteiger charge is -2.15. The number of hydrogen-bond acceptors (Lipinski definition) is 4. The Morgan fingerprint density at radius 1 is 0.571 bits per heavy atom. The first-order valence-corrected chi connectivity index (χ1v) is 12.1. The molecule has 0 saturated carbocycles. The van der Waals surface area contributed by atoms with E-state index in [0.29, 0.717) is 19.8 Å². The standard InChI is InChI=1S/C24H50O4/c1-3-4-5-6-7-8-9-10-11-12-13-14-15-16-17-18-20-27-22-24(26-2)23-28-21-19-25/h24-25H,3-23H2,1-2H3. The molecule has 0 aliphatic heterocycles. The Labute approximate surface area is 175 Å². The van der Waals surface area contributed by atoms with Crippen LogP contribution >= 0.6 is 0 Å². The number of methoxy groups -OCH3 is 1. The van der Waals surface area contributed by atoms with E-state index in [4.69, 9.17) is 19.3 Å². The Balaban J connectivity index is 3.13. The fourth-order valence-corrected chi connectivity index (χ4v) is 3.43. The third kappa shape index (κ3) is 22.1. The van der Waals surface area contributed by atoms with Gasteiger partial charge in [-0.2, -0.15) is 0 Å². The van der Waals surface area contributed by atoms with Crippen LogP contribution in [0.25, 0.3) is 0 Å². The van der Waals surface area contributed by atoms with Gasteiger partial charge in [0.15, 0.2) is 0 Å². The highest BCUT2D eigenvalue weighted by atomic mass is 16.6. The largest absolute Gasteiger partial charge is 0.394 e. The number of rotatable bonds is 24. The molecule has 0 rings (SSSR count). The Hall–Kier alpha value is -0.160. The van der Waals surface area contributed by atoms with Crippen molar-refractivity contribution in [3.8, 4) is 0 Å². The summed E-state index contributed by atoms with van der Waals surface area (Å²) >= 11 is 0. The minimum Gasteiger partial charge on any atom is -0.394 e. The Bertz CT molecular complexity index is 273. The molecule has 0 heterocycles. The lowest BCUT2D eigenvalue weighted by molar-refractivity contribution is -0.0459. The first-order valence-electron chi connectivity index (χ1n) is 12.1. The molecule has 0 radical (unpaired) electrons. The number of unbranched alkanes of at least 4 members (excludes halogenated alkanes) is 15. The van der Waals surface area contributed by atoms with Crippen molar-refractivity contribution in [2.45, 2.75) is 116 Å². The maximum Gasteiger partial charge on any atom is 0.104 e. The summed E-state index contributed by atoms with van der Waals surface area (Å²) < 4.78 is 16.2. The van der Waals surface area contributed by atoms with Gasteiger partial charge in [0, 0.05) is 13.7 Å². The lowest BCUT2D eigenvalue weighted by atomic mass is 10.0. The summed E-state index contributed by atoms with van der Waals surface area (Å²) in [6, 6.07) is 0. The fraction of sp³-hybridized carbons (Fsp3) is 1.00. The van der Waals surface area contributed by atoms with Crippen LogP contribution in [-0.2, 0) is 14.2 Å². The highest BCUT2D eigenvalue weighted by Gasteiger charge is 2.07. The molecule has 0 aromatic rings. The van der Waals surface area contributed by atoms with Crippen molar-refractivity contribution in [3.63, 3.8) is 0 Å². The van der Waals surface area contributed by atoms with Gasteiger partial charge in [-0.1, -0.05) is 103 Å². The van der Waals surface area contributed by atoms with Crippen LogP contribution in [-0.4, -0.2) is 51.4 Å². The number of aliphatic hydroxyl groups excluding tert-OH is 1. The molecule has 0 spiro atoms. The fourth-order valence-electron chi connectivity index (χ4n) is 3.43. The molecule has 1 unspecified atom stereocenters. The number of ether oxygens (including phenoxy) is 3. The second kappa shape index (κ2) is 24.9. The first kappa shape index (κ1) is 27.8. The van der Waals surface area contributed by atoms with E-state index in [0.717, 1.165) is 13.0 Å². The molecule has 0 aliphatic rings. The molecular weight excluding hydrogens is 352 g/mol. The summed E-state index contributed by atoms with van der Waals surface area (Å²) in [7, 11) is 1.67. The SMILES string of the molecule is CCCCCCCCCCCCCCCCCCOCC(COCCO)OC. The molecule has 0 fully saturated rings. The number of hydrogen-bond donors (Lipinski definition) is 1. The summed E-state index contributed by atoms with van der Waals surface area (Å²) in [5.74, 6) is 0. The summed E-state index contributed by atoms with van der Waals surface area (Å²) in [6.07, 6.45) is 22.2. The minimum atomic E-state index is -0.0346. The van der Waals surface area contributed by atoms with Gasteiger partial charge in [-0.05, 0) is 6.42 Å². The van der Waals surface area contributed by atoms with E-state index in [9.17, 15) is 0 Å². The molecule has 0 amide bonds. The van der Waals surface area contributed by atoms with E-state index in [1.165, 1.54) is 96.3 Å². The van der Waals surface area contributed by atoms with Gasteiger partial charge in [0.25, 0.3) is 0 Å². The van der Waals surface area contributed by atoms with Gasteiger partial charge in [0.05, 0.1) is 26.4 Å². The molecule has 0 aromatic carbocycles. The van der Waals surface area contributed by atoms with Gasteiger partial charge in [-0.15, -0.1) is 0 Å².